The van der Waals surface area contributed by atoms with E-state index in [1.54, 1.807) is 11.3 Å². The second kappa shape index (κ2) is 6.00. The molecule has 5 N–H and O–H groups in total. The zero-order valence-electron chi connectivity index (χ0n) is 11.4. The Labute approximate surface area is 130 Å². The van der Waals surface area contributed by atoms with E-state index in [4.69, 9.17) is 11.5 Å². The molecule has 0 aliphatic carbocycles. The molecule has 0 saturated carbocycles. The van der Waals surface area contributed by atoms with Crippen LogP contribution in [0.4, 0.5) is 10.9 Å². The lowest BCUT2D eigenvalue weighted by Crippen LogP contribution is -2.26. The molecule has 1 aliphatic rings. The van der Waals surface area contributed by atoms with E-state index in [1.807, 2.05) is 17.5 Å². The number of rotatable bonds is 4. The van der Waals surface area contributed by atoms with E-state index < -0.39 is 0 Å². The van der Waals surface area contributed by atoms with Gasteiger partial charge in [-0.15, -0.1) is 11.3 Å². The lowest BCUT2D eigenvalue weighted by Gasteiger charge is -2.12. The van der Waals surface area contributed by atoms with Crippen LogP contribution in [-0.2, 0) is 6.54 Å². The Kier molecular flexibility index (Phi) is 4.09. The quantitative estimate of drug-likeness (QED) is 0.787. The fourth-order valence-electron chi connectivity index (χ4n) is 2.24. The normalized spacial score (nSPS) is 18.1. The first-order valence-corrected chi connectivity index (χ1v) is 8.40. The van der Waals surface area contributed by atoms with Gasteiger partial charge in [0.15, 0.2) is 5.13 Å². The van der Waals surface area contributed by atoms with Gasteiger partial charge in [-0.2, -0.15) is 0 Å². The number of anilines is 2. The van der Waals surface area contributed by atoms with Gasteiger partial charge < -0.3 is 21.7 Å². The van der Waals surface area contributed by atoms with Crippen LogP contribution in [0.2, 0.25) is 0 Å². The molecule has 0 aromatic carbocycles. The average Bonchev–Trinajstić information content (AvgIpc) is 3.16. The van der Waals surface area contributed by atoms with E-state index in [1.165, 1.54) is 11.3 Å². The Morgan fingerprint density at radius 3 is 3.10 bits per heavy atom. The molecule has 3 rings (SSSR count). The Hall–Kier alpha value is -1.64. The molecule has 3 heterocycles. The molecule has 2 aromatic rings. The molecular formula is C13H17N5OS2. The zero-order chi connectivity index (χ0) is 14.8. The van der Waals surface area contributed by atoms with E-state index in [0.29, 0.717) is 17.2 Å². The highest BCUT2D eigenvalue weighted by Gasteiger charge is 2.24. The first-order valence-electron chi connectivity index (χ1n) is 6.71. The first-order chi connectivity index (χ1) is 10.1. The number of carbonyl (C=O) groups is 1. The van der Waals surface area contributed by atoms with E-state index in [9.17, 15) is 4.79 Å². The maximum absolute atomic E-state index is 12.2. The largest absolute Gasteiger partial charge is 0.382 e. The predicted octanol–water partition coefficient (Wildman–Crippen LogP) is 1.25. The fourth-order valence-corrected chi connectivity index (χ4v) is 3.82. The highest BCUT2D eigenvalue weighted by atomic mass is 32.1. The first kappa shape index (κ1) is 14.3. The van der Waals surface area contributed by atoms with Crippen LogP contribution in [0.25, 0.3) is 0 Å². The van der Waals surface area contributed by atoms with Crippen molar-refractivity contribution in [3.8, 4) is 0 Å². The van der Waals surface area contributed by atoms with Crippen LogP contribution in [0.1, 0.15) is 21.0 Å². The summed E-state index contributed by atoms with van der Waals surface area (Å²) in [5.74, 6) is 0.118. The van der Waals surface area contributed by atoms with Crippen LogP contribution in [-0.4, -0.2) is 30.0 Å². The minimum atomic E-state index is -0.173. The molecule has 112 valence electrons. The topological polar surface area (TPSA) is 97.3 Å². The SMILES string of the molecule is Nc1nc(N2CCC(N)C2)sc1C(=O)NCc1cccs1. The van der Waals surface area contributed by atoms with Gasteiger partial charge in [0, 0.05) is 24.0 Å². The summed E-state index contributed by atoms with van der Waals surface area (Å²) in [6, 6.07) is 4.12. The molecule has 0 radical (unpaired) electrons. The van der Waals surface area contributed by atoms with Crippen LogP contribution in [0, 0.1) is 0 Å². The summed E-state index contributed by atoms with van der Waals surface area (Å²) in [4.78, 5) is 20.2. The predicted molar refractivity (Wildman–Crippen MR) is 86.8 cm³/mol. The van der Waals surface area contributed by atoms with Crippen molar-refractivity contribution in [3.63, 3.8) is 0 Å². The molecule has 6 nitrogen and oxygen atoms in total. The fraction of sp³-hybridized carbons (Fsp3) is 0.385. The number of carbonyl (C=O) groups excluding carboxylic acids is 1. The van der Waals surface area contributed by atoms with E-state index in [-0.39, 0.29) is 11.9 Å². The third kappa shape index (κ3) is 3.17. The minimum Gasteiger partial charge on any atom is -0.382 e. The number of thiazole rings is 1. The van der Waals surface area contributed by atoms with Crippen molar-refractivity contribution in [1.29, 1.82) is 0 Å². The number of hydrogen-bond donors (Lipinski definition) is 3. The van der Waals surface area contributed by atoms with E-state index in [2.05, 4.69) is 15.2 Å². The van der Waals surface area contributed by atoms with Gasteiger partial charge in [-0.25, -0.2) is 4.98 Å². The number of aromatic nitrogens is 1. The zero-order valence-corrected chi connectivity index (χ0v) is 13.0. The summed E-state index contributed by atoms with van der Waals surface area (Å²) in [6.07, 6.45) is 0.944. The molecule has 2 aromatic heterocycles. The van der Waals surface area contributed by atoms with Crippen LogP contribution in [0.5, 0.6) is 0 Å². The number of nitrogens with zero attached hydrogens (tertiary/aromatic N) is 2. The summed E-state index contributed by atoms with van der Waals surface area (Å²) in [5, 5.41) is 5.64. The van der Waals surface area contributed by atoms with Crippen LogP contribution in [0.3, 0.4) is 0 Å². The second-order valence-electron chi connectivity index (χ2n) is 4.97. The van der Waals surface area contributed by atoms with Gasteiger partial charge in [-0.3, -0.25) is 4.79 Å². The van der Waals surface area contributed by atoms with Gasteiger partial charge in [0.2, 0.25) is 0 Å². The number of hydrogen-bond acceptors (Lipinski definition) is 7. The maximum Gasteiger partial charge on any atom is 0.265 e. The Morgan fingerprint density at radius 2 is 2.43 bits per heavy atom. The van der Waals surface area contributed by atoms with Crippen molar-refractivity contribution in [2.75, 3.05) is 23.7 Å². The van der Waals surface area contributed by atoms with Gasteiger partial charge >= 0.3 is 0 Å². The molecule has 0 spiro atoms. The lowest BCUT2D eigenvalue weighted by molar-refractivity contribution is 0.0956. The van der Waals surface area contributed by atoms with Gasteiger partial charge in [0.25, 0.3) is 5.91 Å². The monoisotopic (exact) mass is 323 g/mol. The Balaban J connectivity index is 1.67. The van der Waals surface area contributed by atoms with Crippen molar-refractivity contribution in [2.45, 2.75) is 19.0 Å². The maximum atomic E-state index is 12.2. The van der Waals surface area contributed by atoms with Crippen LogP contribution in [0.15, 0.2) is 17.5 Å². The third-order valence-corrected chi connectivity index (χ3v) is 5.35. The average molecular weight is 323 g/mol. The van der Waals surface area contributed by atoms with Crippen molar-refractivity contribution in [1.82, 2.24) is 10.3 Å². The number of amides is 1. The third-order valence-electron chi connectivity index (χ3n) is 3.35. The summed E-state index contributed by atoms with van der Waals surface area (Å²) < 4.78 is 0. The molecule has 1 unspecified atom stereocenters. The number of nitrogens with two attached hydrogens (primary N) is 2. The number of thiophene rings is 1. The summed E-state index contributed by atoms with van der Waals surface area (Å²) in [5.41, 5.74) is 11.8. The Morgan fingerprint density at radius 1 is 1.57 bits per heavy atom. The molecule has 0 bridgehead atoms. The van der Waals surface area contributed by atoms with Crippen molar-refractivity contribution in [3.05, 3.63) is 27.3 Å². The molecule has 1 atom stereocenters. The van der Waals surface area contributed by atoms with Gasteiger partial charge in [0.1, 0.15) is 10.7 Å². The van der Waals surface area contributed by atoms with E-state index >= 15 is 0 Å². The minimum absolute atomic E-state index is 0.172. The highest BCUT2D eigenvalue weighted by Crippen LogP contribution is 2.30. The molecule has 1 fully saturated rings. The van der Waals surface area contributed by atoms with E-state index in [0.717, 1.165) is 29.5 Å². The smallest absolute Gasteiger partial charge is 0.265 e. The highest BCUT2D eigenvalue weighted by molar-refractivity contribution is 7.18. The van der Waals surface area contributed by atoms with Gasteiger partial charge in [-0.1, -0.05) is 17.4 Å². The van der Waals surface area contributed by atoms with Crippen molar-refractivity contribution in [2.24, 2.45) is 5.73 Å². The molecule has 21 heavy (non-hydrogen) atoms. The van der Waals surface area contributed by atoms with Crippen molar-refractivity contribution >= 4 is 39.5 Å². The molecule has 1 saturated heterocycles. The van der Waals surface area contributed by atoms with Gasteiger partial charge in [-0.05, 0) is 17.9 Å². The standard InChI is InChI=1S/C13H17N5OS2/c14-8-3-4-18(7-8)13-17-11(15)10(21-13)12(19)16-6-9-2-1-5-20-9/h1-2,5,8H,3-4,6-7,14-15H2,(H,16,19). The number of nitrogen functional groups attached to an aromatic ring is 1. The summed E-state index contributed by atoms with van der Waals surface area (Å²) in [6.45, 7) is 2.14. The van der Waals surface area contributed by atoms with Crippen LogP contribution >= 0.6 is 22.7 Å². The molecule has 1 aliphatic heterocycles. The Bertz CT molecular complexity index is 625. The van der Waals surface area contributed by atoms with Crippen molar-refractivity contribution < 1.29 is 4.79 Å². The molecule has 8 heteroatoms. The second-order valence-corrected chi connectivity index (χ2v) is 6.98. The van der Waals surface area contributed by atoms with Gasteiger partial charge in [0.05, 0.1) is 6.54 Å². The summed E-state index contributed by atoms with van der Waals surface area (Å²) in [7, 11) is 0. The summed E-state index contributed by atoms with van der Waals surface area (Å²) >= 11 is 2.94. The van der Waals surface area contributed by atoms with Crippen LogP contribution < -0.4 is 21.7 Å². The number of nitrogens with one attached hydrogen (secondary N) is 1. The lowest BCUT2D eigenvalue weighted by atomic mass is 10.3. The molecule has 1 amide bonds. The molecular weight excluding hydrogens is 306 g/mol.